The Balaban J connectivity index is 1.45. The molecule has 8 nitrogen and oxygen atoms in total. The Morgan fingerprint density at radius 3 is 2.52 bits per heavy atom. The van der Waals surface area contributed by atoms with E-state index < -0.39 is 0 Å². The maximum absolute atomic E-state index is 12.2. The van der Waals surface area contributed by atoms with E-state index in [-0.39, 0.29) is 18.2 Å². The van der Waals surface area contributed by atoms with Crippen LogP contribution in [0.2, 0.25) is 0 Å². The Labute approximate surface area is 172 Å². The molecule has 152 valence electrons. The standard InChI is InChI=1S/C20H23N5O3S/c1-3-25(4-2)15-9-7-14(8-10-15)20(27)23-22-17(26)11-12-18-21-19(24-28-18)16-6-5-13-29-16/h5-10,13H,3-4,11-12H2,1-2H3,(H,22,26)(H,23,27). The van der Waals surface area contributed by atoms with Gasteiger partial charge in [0.1, 0.15) is 0 Å². The van der Waals surface area contributed by atoms with Crippen molar-refractivity contribution in [2.45, 2.75) is 26.7 Å². The summed E-state index contributed by atoms with van der Waals surface area (Å²) in [5.74, 6) is 0.176. The van der Waals surface area contributed by atoms with Gasteiger partial charge in [-0.2, -0.15) is 4.98 Å². The van der Waals surface area contributed by atoms with Crippen LogP contribution in [0.1, 0.15) is 36.5 Å². The van der Waals surface area contributed by atoms with Crippen LogP contribution in [0.25, 0.3) is 10.7 Å². The van der Waals surface area contributed by atoms with Crippen LogP contribution in [0.4, 0.5) is 5.69 Å². The summed E-state index contributed by atoms with van der Waals surface area (Å²) >= 11 is 1.51. The molecule has 0 bridgehead atoms. The van der Waals surface area contributed by atoms with Crippen LogP contribution in [0.15, 0.2) is 46.3 Å². The largest absolute Gasteiger partial charge is 0.372 e. The molecule has 3 rings (SSSR count). The number of rotatable bonds is 8. The summed E-state index contributed by atoms with van der Waals surface area (Å²) in [6, 6.07) is 11.1. The molecule has 29 heavy (non-hydrogen) atoms. The zero-order valence-corrected chi connectivity index (χ0v) is 17.2. The maximum atomic E-state index is 12.2. The van der Waals surface area contributed by atoms with Crippen molar-refractivity contribution < 1.29 is 14.1 Å². The number of benzene rings is 1. The van der Waals surface area contributed by atoms with Gasteiger partial charge < -0.3 is 9.42 Å². The summed E-state index contributed by atoms with van der Waals surface area (Å²) in [5.41, 5.74) is 6.35. The highest BCUT2D eigenvalue weighted by Gasteiger charge is 2.12. The number of nitrogens with zero attached hydrogens (tertiary/aromatic N) is 3. The van der Waals surface area contributed by atoms with Crippen LogP contribution in [-0.4, -0.2) is 35.0 Å². The van der Waals surface area contributed by atoms with E-state index in [4.69, 9.17) is 4.52 Å². The van der Waals surface area contributed by atoms with Gasteiger partial charge in [-0.05, 0) is 49.6 Å². The molecular weight excluding hydrogens is 390 g/mol. The number of hydrogen-bond acceptors (Lipinski definition) is 7. The van der Waals surface area contributed by atoms with Crippen molar-refractivity contribution in [3.05, 3.63) is 53.2 Å². The van der Waals surface area contributed by atoms with Crippen molar-refractivity contribution in [3.63, 3.8) is 0 Å². The van der Waals surface area contributed by atoms with Crippen LogP contribution in [-0.2, 0) is 11.2 Å². The zero-order valence-electron chi connectivity index (χ0n) is 16.3. The zero-order chi connectivity index (χ0) is 20.6. The summed E-state index contributed by atoms with van der Waals surface area (Å²) in [7, 11) is 0. The molecule has 0 aliphatic carbocycles. The van der Waals surface area contributed by atoms with Crippen molar-refractivity contribution in [1.82, 2.24) is 21.0 Å². The lowest BCUT2D eigenvalue weighted by molar-refractivity contribution is -0.121. The van der Waals surface area contributed by atoms with Crippen molar-refractivity contribution in [2.75, 3.05) is 18.0 Å². The number of hydrazine groups is 1. The van der Waals surface area contributed by atoms with Gasteiger partial charge in [-0.25, -0.2) is 0 Å². The number of hydrogen-bond donors (Lipinski definition) is 2. The third kappa shape index (κ3) is 5.41. The van der Waals surface area contributed by atoms with E-state index >= 15 is 0 Å². The highest BCUT2D eigenvalue weighted by Crippen LogP contribution is 2.21. The van der Waals surface area contributed by atoms with Gasteiger partial charge in [-0.1, -0.05) is 11.2 Å². The SMILES string of the molecule is CCN(CC)c1ccc(C(=O)NNC(=O)CCc2nc(-c3cccs3)no2)cc1. The van der Waals surface area contributed by atoms with Crippen LogP contribution >= 0.6 is 11.3 Å². The minimum atomic E-state index is -0.373. The monoisotopic (exact) mass is 413 g/mol. The number of aryl methyl sites for hydroxylation is 1. The molecule has 2 aromatic heterocycles. The lowest BCUT2D eigenvalue weighted by atomic mass is 10.2. The van der Waals surface area contributed by atoms with E-state index in [1.807, 2.05) is 29.6 Å². The fourth-order valence-corrected chi connectivity index (χ4v) is 3.41. The normalized spacial score (nSPS) is 10.6. The van der Waals surface area contributed by atoms with Gasteiger partial charge in [0.05, 0.1) is 4.88 Å². The van der Waals surface area contributed by atoms with E-state index in [2.05, 4.69) is 39.7 Å². The van der Waals surface area contributed by atoms with Crippen molar-refractivity contribution in [3.8, 4) is 10.7 Å². The first kappa shape index (κ1) is 20.5. The fourth-order valence-electron chi connectivity index (χ4n) is 2.76. The smallest absolute Gasteiger partial charge is 0.269 e. The molecular formula is C20H23N5O3S. The van der Waals surface area contributed by atoms with E-state index in [9.17, 15) is 9.59 Å². The van der Waals surface area contributed by atoms with E-state index in [1.165, 1.54) is 11.3 Å². The fraction of sp³-hybridized carbons (Fsp3) is 0.300. The van der Waals surface area contributed by atoms with Gasteiger partial charge in [0, 0.05) is 37.2 Å². The van der Waals surface area contributed by atoms with Gasteiger partial charge in [-0.3, -0.25) is 20.4 Å². The van der Waals surface area contributed by atoms with E-state index in [0.717, 1.165) is 23.7 Å². The first-order chi connectivity index (χ1) is 14.1. The Morgan fingerprint density at radius 1 is 1.10 bits per heavy atom. The summed E-state index contributed by atoms with van der Waals surface area (Å²) in [4.78, 5) is 31.5. The predicted molar refractivity (Wildman–Crippen MR) is 112 cm³/mol. The number of aromatic nitrogens is 2. The molecule has 3 aromatic rings. The van der Waals surface area contributed by atoms with E-state index in [1.54, 1.807) is 12.1 Å². The molecule has 2 heterocycles. The molecule has 2 N–H and O–H groups in total. The second kappa shape index (κ2) is 9.83. The minimum absolute atomic E-state index is 0.118. The number of nitrogens with one attached hydrogen (secondary N) is 2. The highest BCUT2D eigenvalue weighted by molar-refractivity contribution is 7.13. The number of amides is 2. The topological polar surface area (TPSA) is 100 Å². The molecule has 0 atom stereocenters. The van der Waals surface area contributed by atoms with Crippen molar-refractivity contribution >= 4 is 28.8 Å². The Bertz CT molecular complexity index is 933. The van der Waals surface area contributed by atoms with Gasteiger partial charge in [0.15, 0.2) is 0 Å². The van der Waals surface area contributed by atoms with Crippen LogP contribution in [0.3, 0.4) is 0 Å². The highest BCUT2D eigenvalue weighted by atomic mass is 32.1. The predicted octanol–water partition coefficient (Wildman–Crippen LogP) is 3.04. The van der Waals surface area contributed by atoms with E-state index in [0.29, 0.717) is 23.7 Å². The maximum Gasteiger partial charge on any atom is 0.269 e. The molecule has 1 aromatic carbocycles. The lowest BCUT2D eigenvalue weighted by Gasteiger charge is -2.21. The number of anilines is 1. The number of carbonyl (C=O) groups is 2. The number of carbonyl (C=O) groups excluding carboxylic acids is 2. The molecule has 0 fully saturated rings. The first-order valence-electron chi connectivity index (χ1n) is 9.41. The van der Waals surface area contributed by atoms with Crippen molar-refractivity contribution in [2.24, 2.45) is 0 Å². The Morgan fingerprint density at radius 2 is 1.86 bits per heavy atom. The molecule has 2 amide bonds. The summed E-state index contributed by atoms with van der Waals surface area (Å²) in [5, 5.41) is 5.83. The van der Waals surface area contributed by atoms with Crippen molar-refractivity contribution in [1.29, 1.82) is 0 Å². The summed E-state index contributed by atoms with van der Waals surface area (Å²) < 4.78 is 5.16. The molecule has 0 saturated carbocycles. The molecule has 0 aliphatic heterocycles. The Hall–Kier alpha value is -3.20. The van der Waals surface area contributed by atoms with Crippen LogP contribution in [0.5, 0.6) is 0 Å². The third-order valence-corrected chi connectivity index (χ3v) is 5.21. The van der Waals surface area contributed by atoms with Crippen LogP contribution < -0.4 is 15.8 Å². The van der Waals surface area contributed by atoms with Gasteiger partial charge in [0.25, 0.3) is 5.91 Å². The molecule has 0 aliphatic rings. The lowest BCUT2D eigenvalue weighted by Crippen LogP contribution is -2.41. The minimum Gasteiger partial charge on any atom is -0.372 e. The molecule has 0 radical (unpaired) electrons. The third-order valence-electron chi connectivity index (χ3n) is 4.35. The molecule has 9 heteroatoms. The van der Waals surface area contributed by atoms with Gasteiger partial charge in [0.2, 0.25) is 17.6 Å². The number of thiophene rings is 1. The average molecular weight is 414 g/mol. The summed E-state index contributed by atoms with van der Waals surface area (Å²) in [6.45, 7) is 5.95. The molecule has 0 spiro atoms. The molecule has 0 saturated heterocycles. The molecule has 0 unspecified atom stereocenters. The second-order valence-corrected chi connectivity index (χ2v) is 7.16. The quantitative estimate of drug-likeness (QED) is 0.551. The van der Waals surface area contributed by atoms with Gasteiger partial charge in [-0.15, -0.1) is 11.3 Å². The summed E-state index contributed by atoms with van der Waals surface area (Å²) in [6.07, 6.45) is 0.409. The average Bonchev–Trinajstić information content (AvgIpc) is 3.43. The van der Waals surface area contributed by atoms with Crippen LogP contribution in [0, 0.1) is 0 Å². The Kier molecular flexibility index (Phi) is 6.96. The second-order valence-electron chi connectivity index (χ2n) is 6.21. The first-order valence-corrected chi connectivity index (χ1v) is 10.3. The van der Waals surface area contributed by atoms with Gasteiger partial charge >= 0.3 is 0 Å².